The van der Waals surface area contributed by atoms with Gasteiger partial charge in [0.15, 0.2) is 0 Å². The average Bonchev–Trinajstić information content (AvgIpc) is 2.44. The molecule has 3 nitrogen and oxygen atoms in total. The maximum absolute atomic E-state index is 4.36. The molecule has 2 heterocycles. The second-order valence-electron chi connectivity index (χ2n) is 4.16. The molecule has 3 heteroatoms. The van der Waals surface area contributed by atoms with Crippen molar-refractivity contribution in [3.8, 4) is 0 Å². The summed E-state index contributed by atoms with van der Waals surface area (Å²) in [6.07, 6.45) is 10.3. The van der Waals surface area contributed by atoms with E-state index < -0.39 is 0 Å². The van der Waals surface area contributed by atoms with Gasteiger partial charge in [0.1, 0.15) is 5.82 Å². The van der Waals surface area contributed by atoms with E-state index in [9.17, 15) is 0 Å². The van der Waals surface area contributed by atoms with Crippen molar-refractivity contribution in [3.05, 3.63) is 18.2 Å². The van der Waals surface area contributed by atoms with E-state index in [2.05, 4.69) is 21.9 Å². The van der Waals surface area contributed by atoms with Gasteiger partial charge in [-0.15, -0.1) is 0 Å². The average molecular weight is 193 g/mol. The predicted octanol–water partition coefficient (Wildman–Crippen LogP) is 1.49. The van der Waals surface area contributed by atoms with Crippen LogP contribution in [0.4, 0.5) is 0 Å². The van der Waals surface area contributed by atoms with E-state index in [-0.39, 0.29) is 0 Å². The standard InChI is InChI=1S/C11H19N3/c1-14-8-7-13-11(14)9-10-5-3-2-4-6-12-10/h7-8,10,12H,2-6,9H2,1H3. The zero-order valence-corrected chi connectivity index (χ0v) is 8.87. The van der Waals surface area contributed by atoms with Crippen molar-refractivity contribution in [3.63, 3.8) is 0 Å². The monoisotopic (exact) mass is 193 g/mol. The molecule has 78 valence electrons. The zero-order chi connectivity index (χ0) is 9.80. The summed E-state index contributed by atoms with van der Waals surface area (Å²) in [5, 5.41) is 3.59. The minimum atomic E-state index is 0.638. The minimum Gasteiger partial charge on any atom is -0.338 e. The fourth-order valence-electron chi connectivity index (χ4n) is 2.09. The second kappa shape index (κ2) is 4.60. The summed E-state index contributed by atoms with van der Waals surface area (Å²) in [7, 11) is 2.07. The minimum absolute atomic E-state index is 0.638. The summed E-state index contributed by atoms with van der Waals surface area (Å²) >= 11 is 0. The molecule has 1 aliphatic heterocycles. The van der Waals surface area contributed by atoms with Crippen LogP contribution in [0.5, 0.6) is 0 Å². The van der Waals surface area contributed by atoms with Crippen LogP contribution in [-0.4, -0.2) is 22.1 Å². The van der Waals surface area contributed by atoms with Gasteiger partial charge in [-0.2, -0.15) is 0 Å². The van der Waals surface area contributed by atoms with Crippen molar-refractivity contribution >= 4 is 0 Å². The van der Waals surface area contributed by atoms with Crippen LogP contribution in [0.3, 0.4) is 0 Å². The van der Waals surface area contributed by atoms with Gasteiger partial charge >= 0.3 is 0 Å². The molecule has 0 bridgehead atoms. The SMILES string of the molecule is Cn1ccnc1CC1CCCCCN1. The summed E-state index contributed by atoms with van der Waals surface area (Å²) < 4.78 is 2.12. The summed E-state index contributed by atoms with van der Waals surface area (Å²) in [6, 6.07) is 0.638. The molecule has 1 aromatic heterocycles. The van der Waals surface area contributed by atoms with E-state index in [1.54, 1.807) is 0 Å². The number of imidazole rings is 1. The van der Waals surface area contributed by atoms with Crippen LogP contribution in [0.2, 0.25) is 0 Å². The molecule has 1 N–H and O–H groups in total. The summed E-state index contributed by atoms with van der Waals surface area (Å²) in [6.45, 7) is 1.18. The van der Waals surface area contributed by atoms with Gasteiger partial charge in [-0.05, 0) is 19.4 Å². The highest BCUT2D eigenvalue weighted by atomic mass is 15.0. The molecule has 1 fully saturated rings. The molecule has 1 aromatic rings. The van der Waals surface area contributed by atoms with Crippen LogP contribution in [0.15, 0.2) is 12.4 Å². The lowest BCUT2D eigenvalue weighted by Gasteiger charge is -2.14. The van der Waals surface area contributed by atoms with Crippen molar-refractivity contribution in [1.82, 2.24) is 14.9 Å². The highest BCUT2D eigenvalue weighted by Crippen LogP contribution is 2.11. The van der Waals surface area contributed by atoms with E-state index in [1.807, 2.05) is 12.4 Å². The predicted molar refractivity (Wildman–Crippen MR) is 57.2 cm³/mol. The van der Waals surface area contributed by atoms with E-state index in [0.717, 1.165) is 6.42 Å². The Labute approximate surface area is 85.5 Å². The molecule has 0 saturated carbocycles. The molecule has 14 heavy (non-hydrogen) atoms. The van der Waals surface area contributed by atoms with Gasteiger partial charge in [0, 0.05) is 31.9 Å². The highest BCUT2D eigenvalue weighted by Gasteiger charge is 2.13. The Morgan fingerprint density at radius 3 is 3.21 bits per heavy atom. The first-order valence-corrected chi connectivity index (χ1v) is 5.56. The lowest BCUT2D eigenvalue weighted by molar-refractivity contribution is 0.491. The van der Waals surface area contributed by atoms with Crippen molar-refractivity contribution in [2.24, 2.45) is 7.05 Å². The smallest absolute Gasteiger partial charge is 0.109 e. The highest BCUT2D eigenvalue weighted by molar-refractivity contribution is 4.94. The third kappa shape index (κ3) is 2.35. The second-order valence-corrected chi connectivity index (χ2v) is 4.16. The number of hydrogen-bond donors (Lipinski definition) is 1. The summed E-state index contributed by atoms with van der Waals surface area (Å²) in [5.74, 6) is 1.20. The summed E-state index contributed by atoms with van der Waals surface area (Å²) in [5.41, 5.74) is 0. The lowest BCUT2D eigenvalue weighted by atomic mass is 10.1. The Hall–Kier alpha value is -0.830. The topological polar surface area (TPSA) is 29.9 Å². The van der Waals surface area contributed by atoms with Gasteiger partial charge in [-0.1, -0.05) is 12.8 Å². The van der Waals surface area contributed by atoms with Crippen molar-refractivity contribution in [2.75, 3.05) is 6.54 Å². The molecule has 0 radical (unpaired) electrons. The van der Waals surface area contributed by atoms with Gasteiger partial charge < -0.3 is 9.88 Å². The van der Waals surface area contributed by atoms with Gasteiger partial charge in [0.05, 0.1) is 0 Å². The third-order valence-corrected chi connectivity index (χ3v) is 3.01. The molecular formula is C11H19N3. The molecule has 1 unspecified atom stereocenters. The number of nitrogens with zero attached hydrogens (tertiary/aromatic N) is 2. The van der Waals surface area contributed by atoms with E-state index in [1.165, 1.54) is 38.1 Å². The molecule has 1 aliphatic rings. The number of aromatic nitrogens is 2. The van der Waals surface area contributed by atoms with E-state index >= 15 is 0 Å². The lowest BCUT2D eigenvalue weighted by Crippen LogP contribution is -2.31. The molecule has 0 amide bonds. The Morgan fingerprint density at radius 2 is 2.43 bits per heavy atom. The third-order valence-electron chi connectivity index (χ3n) is 3.01. The molecular weight excluding hydrogens is 174 g/mol. The molecule has 0 spiro atoms. The Balaban J connectivity index is 1.92. The Morgan fingerprint density at radius 1 is 1.50 bits per heavy atom. The van der Waals surface area contributed by atoms with Gasteiger partial charge in [0.2, 0.25) is 0 Å². The molecule has 2 rings (SSSR count). The summed E-state index contributed by atoms with van der Waals surface area (Å²) in [4.78, 5) is 4.36. The van der Waals surface area contributed by atoms with Crippen LogP contribution in [0, 0.1) is 0 Å². The van der Waals surface area contributed by atoms with Crippen molar-refractivity contribution in [1.29, 1.82) is 0 Å². The maximum atomic E-state index is 4.36. The van der Waals surface area contributed by atoms with Gasteiger partial charge in [0.25, 0.3) is 0 Å². The van der Waals surface area contributed by atoms with Crippen LogP contribution >= 0.6 is 0 Å². The van der Waals surface area contributed by atoms with Gasteiger partial charge in [-0.3, -0.25) is 0 Å². The Bertz CT molecular complexity index is 272. The zero-order valence-electron chi connectivity index (χ0n) is 8.87. The fourth-order valence-corrected chi connectivity index (χ4v) is 2.09. The quantitative estimate of drug-likeness (QED) is 0.771. The number of nitrogens with one attached hydrogen (secondary N) is 1. The normalized spacial score (nSPS) is 23.4. The molecule has 1 saturated heterocycles. The first-order chi connectivity index (χ1) is 6.86. The van der Waals surface area contributed by atoms with Crippen molar-refractivity contribution < 1.29 is 0 Å². The molecule has 0 aromatic carbocycles. The molecule has 1 atom stereocenters. The van der Waals surface area contributed by atoms with E-state index in [0.29, 0.717) is 6.04 Å². The first kappa shape index (κ1) is 9.71. The first-order valence-electron chi connectivity index (χ1n) is 5.56. The number of rotatable bonds is 2. The Kier molecular flexibility index (Phi) is 3.19. The van der Waals surface area contributed by atoms with E-state index in [4.69, 9.17) is 0 Å². The largest absolute Gasteiger partial charge is 0.338 e. The maximum Gasteiger partial charge on any atom is 0.109 e. The number of hydrogen-bond acceptors (Lipinski definition) is 2. The van der Waals surface area contributed by atoms with Gasteiger partial charge in [-0.25, -0.2) is 4.98 Å². The van der Waals surface area contributed by atoms with Crippen LogP contribution < -0.4 is 5.32 Å². The fraction of sp³-hybridized carbons (Fsp3) is 0.727. The number of aryl methyl sites for hydroxylation is 1. The van der Waals surface area contributed by atoms with Crippen LogP contribution in [0.1, 0.15) is 31.5 Å². The molecule has 0 aliphatic carbocycles. The van der Waals surface area contributed by atoms with Crippen LogP contribution in [0.25, 0.3) is 0 Å². The van der Waals surface area contributed by atoms with Crippen LogP contribution in [-0.2, 0) is 13.5 Å². The van der Waals surface area contributed by atoms with Crippen molar-refractivity contribution in [2.45, 2.75) is 38.1 Å².